The molecule has 1 aliphatic rings. The van der Waals surface area contributed by atoms with Crippen molar-refractivity contribution in [2.75, 3.05) is 26.7 Å². The Kier molecular flexibility index (Phi) is 6.40. The molecule has 0 radical (unpaired) electrons. The fourth-order valence-electron chi connectivity index (χ4n) is 3.43. The van der Waals surface area contributed by atoms with Crippen molar-refractivity contribution < 1.29 is 14.7 Å². The lowest BCUT2D eigenvalue weighted by Gasteiger charge is -2.20. The van der Waals surface area contributed by atoms with Crippen LogP contribution in [0.2, 0.25) is 5.02 Å². The second-order valence-corrected chi connectivity index (χ2v) is 7.74. The van der Waals surface area contributed by atoms with E-state index in [9.17, 15) is 14.7 Å². The van der Waals surface area contributed by atoms with E-state index in [4.69, 9.17) is 11.6 Å². The van der Waals surface area contributed by atoms with E-state index in [-0.39, 0.29) is 31.5 Å². The highest BCUT2D eigenvalue weighted by atomic mass is 35.5. The summed E-state index contributed by atoms with van der Waals surface area (Å²) >= 11 is 5.93. The molecule has 2 amide bonds. The summed E-state index contributed by atoms with van der Waals surface area (Å²) in [6.07, 6.45) is 0.547. The molecule has 5 nitrogen and oxygen atoms in total. The van der Waals surface area contributed by atoms with Crippen LogP contribution in [0, 0.1) is 13.8 Å². The number of nitrogens with zero attached hydrogens (tertiary/aromatic N) is 2. The molecule has 152 valence electrons. The van der Waals surface area contributed by atoms with E-state index in [2.05, 4.69) is 0 Å². The van der Waals surface area contributed by atoms with Gasteiger partial charge in [-0.05, 0) is 54.7 Å². The molecule has 2 aromatic rings. The third kappa shape index (κ3) is 4.36. The Hall–Kier alpha value is -2.63. The van der Waals surface area contributed by atoms with Crippen molar-refractivity contribution in [2.24, 2.45) is 0 Å². The first kappa shape index (κ1) is 21.1. The molecule has 6 heteroatoms. The molecule has 0 fully saturated rings. The molecular formula is C23H25ClN2O3. The Labute approximate surface area is 176 Å². The van der Waals surface area contributed by atoms with Crippen molar-refractivity contribution >= 4 is 29.0 Å². The molecule has 2 aromatic carbocycles. The number of hydrogen-bond donors (Lipinski definition) is 1. The van der Waals surface area contributed by atoms with Gasteiger partial charge in [0.05, 0.1) is 12.2 Å². The highest BCUT2D eigenvalue weighted by Crippen LogP contribution is 2.32. The van der Waals surface area contributed by atoms with Crippen LogP contribution in [0.1, 0.15) is 22.3 Å². The topological polar surface area (TPSA) is 60.9 Å². The van der Waals surface area contributed by atoms with Gasteiger partial charge in [-0.1, -0.05) is 41.9 Å². The van der Waals surface area contributed by atoms with Crippen LogP contribution >= 0.6 is 11.6 Å². The summed E-state index contributed by atoms with van der Waals surface area (Å²) in [5, 5.41) is 9.99. The predicted octanol–water partition coefficient (Wildman–Crippen LogP) is 3.20. The van der Waals surface area contributed by atoms with Crippen LogP contribution in [0.4, 0.5) is 0 Å². The lowest BCUT2D eigenvalue weighted by molar-refractivity contribution is -0.137. The molecule has 0 saturated heterocycles. The number of rotatable bonds is 7. The Morgan fingerprint density at radius 3 is 2.31 bits per heavy atom. The quantitative estimate of drug-likeness (QED) is 0.709. The minimum atomic E-state index is -0.326. The molecule has 0 spiro atoms. The summed E-state index contributed by atoms with van der Waals surface area (Å²) in [5.41, 5.74) is 4.63. The highest BCUT2D eigenvalue weighted by Gasteiger charge is 2.40. The zero-order chi connectivity index (χ0) is 21.1. The molecule has 0 atom stereocenters. The van der Waals surface area contributed by atoms with E-state index in [0.717, 1.165) is 22.3 Å². The second-order valence-electron chi connectivity index (χ2n) is 7.31. The van der Waals surface area contributed by atoms with Crippen LogP contribution in [-0.4, -0.2) is 53.5 Å². The van der Waals surface area contributed by atoms with Crippen LogP contribution in [0.3, 0.4) is 0 Å². The monoisotopic (exact) mass is 412 g/mol. The molecule has 0 saturated carbocycles. The molecule has 0 unspecified atom stereocenters. The molecule has 3 rings (SSSR count). The number of carbonyl (C=O) groups is 2. The van der Waals surface area contributed by atoms with Crippen LogP contribution in [0.15, 0.2) is 48.2 Å². The fourth-order valence-corrected chi connectivity index (χ4v) is 3.56. The minimum absolute atomic E-state index is 0.105. The number of imide groups is 1. The largest absolute Gasteiger partial charge is 0.395 e. The number of benzene rings is 2. The molecule has 29 heavy (non-hydrogen) atoms. The fraction of sp³-hybridized carbons (Fsp3) is 0.304. The van der Waals surface area contributed by atoms with Gasteiger partial charge in [0.2, 0.25) is 0 Å². The summed E-state index contributed by atoms with van der Waals surface area (Å²) < 4.78 is 0. The number of aryl methyl sites for hydroxylation is 2. The summed E-state index contributed by atoms with van der Waals surface area (Å²) in [6, 6.07) is 13.1. The van der Waals surface area contributed by atoms with Gasteiger partial charge in [0, 0.05) is 25.2 Å². The Bertz CT molecular complexity index is 967. The lowest BCUT2D eigenvalue weighted by Crippen LogP contribution is -2.36. The van der Waals surface area contributed by atoms with Crippen molar-refractivity contribution in [1.29, 1.82) is 0 Å². The number of likely N-dealkylation sites (N-methyl/N-ethyl adjacent to an activating group) is 1. The Balaban J connectivity index is 1.93. The van der Waals surface area contributed by atoms with Gasteiger partial charge in [0.15, 0.2) is 0 Å². The van der Waals surface area contributed by atoms with Crippen molar-refractivity contribution in [3.63, 3.8) is 0 Å². The predicted molar refractivity (Wildman–Crippen MR) is 114 cm³/mol. The van der Waals surface area contributed by atoms with Crippen LogP contribution in [-0.2, 0) is 16.0 Å². The third-order valence-corrected chi connectivity index (χ3v) is 5.55. The van der Waals surface area contributed by atoms with E-state index in [1.165, 1.54) is 4.90 Å². The van der Waals surface area contributed by atoms with Crippen molar-refractivity contribution in [2.45, 2.75) is 20.3 Å². The normalized spacial score (nSPS) is 14.2. The van der Waals surface area contributed by atoms with Crippen LogP contribution in [0.5, 0.6) is 0 Å². The average Bonchev–Trinajstić information content (AvgIpc) is 2.94. The summed E-state index contributed by atoms with van der Waals surface area (Å²) in [6.45, 7) is 4.44. The van der Waals surface area contributed by atoms with Crippen LogP contribution in [0.25, 0.3) is 5.57 Å². The summed E-state index contributed by atoms with van der Waals surface area (Å²) in [4.78, 5) is 29.3. The maximum atomic E-state index is 13.2. The molecule has 0 bridgehead atoms. The number of aliphatic hydroxyl groups excluding tert-OH is 1. The van der Waals surface area contributed by atoms with Gasteiger partial charge in [0.25, 0.3) is 11.8 Å². The van der Waals surface area contributed by atoms with Gasteiger partial charge in [-0.25, -0.2) is 0 Å². The number of carbonyl (C=O) groups excluding carboxylic acids is 2. The minimum Gasteiger partial charge on any atom is -0.395 e. The summed E-state index contributed by atoms with van der Waals surface area (Å²) in [5.74, 6) is -0.625. The van der Waals surface area contributed by atoms with E-state index in [1.807, 2.05) is 44.2 Å². The van der Waals surface area contributed by atoms with E-state index < -0.39 is 0 Å². The molecule has 1 aliphatic heterocycles. The van der Waals surface area contributed by atoms with Crippen molar-refractivity contribution in [1.82, 2.24) is 9.80 Å². The average molecular weight is 413 g/mol. The van der Waals surface area contributed by atoms with Crippen LogP contribution < -0.4 is 0 Å². The van der Waals surface area contributed by atoms with Gasteiger partial charge in [-0.15, -0.1) is 0 Å². The SMILES string of the molecule is Cc1ccc(C2=C(N(C)CCO)C(=O)N(CCc3ccc(Cl)cc3)C2=O)cc1C. The van der Waals surface area contributed by atoms with Crippen molar-refractivity contribution in [3.05, 3.63) is 75.4 Å². The number of amides is 2. The first-order chi connectivity index (χ1) is 13.8. The standard InChI is InChI=1S/C23H25ClN2O3/c1-15-4-7-18(14-16(15)2)20-21(25(3)12-13-27)23(29)26(22(20)28)11-10-17-5-8-19(24)9-6-17/h4-9,14,27H,10-13H2,1-3H3. The maximum absolute atomic E-state index is 13.2. The van der Waals surface area contributed by atoms with Gasteiger partial charge >= 0.3 is 0 Å². The first-order valence-electron chi connectivity index (χ1n) is 9.58. The third-order valence-electron chi connectivity index (χ3n) is 5.29. The van der Waals surface area contributed by atoms with E-state index >= 15 is 0 Å². The second kappa shape index (κ2) is 8.80. The Morgan fingerprint density at radius 2 is 1.69 bits per heavy atom. The maximum Gasteiger partial charge on any atom is 0.277 e. The molecule has 1 N–H and O–H groups in total. The zero-order valence-electron chi connectivity index (χ0n) is 16.9. The highest BCUT2D eigenvalue weighted by molar-refractivity contribution is 6.35. The number of halogens is 1. The smallest absolute Gasteiger partial charge is 0.277 e. The molecule has 1 heterocycles. The lowest BCUT2D eigenvalue weighted by atomic mass is 9.99. The zero-order valence-corrected chi connectivity index (χ0v) is 17.7. The van der Waals surface area contributed by atoms with Gasteiger partial charge in [0.1, 0.15) is 5.70 Å². The van der Waals surface area contributed by atoms with E-state index in [1.54, 1.807) is 24.1 Å². The molecule has 0 aromatic heterocycles. The number of hydrogen-bond acceptors (Lipinski definition) is 4. The molecular weight excluding hydrogens is 388 g/mol. The van der Waals surface area contributed by atoms with Gasteiger partial charge in [-0.3, -0.25) is 14.5 Å². The molecule has 0 aliphatic carbocycles. The van der Waals surface area contributed by atoms with E-state index in [0.29, 0.717) is 22.7 Å². The van der Waals surface area contributed by atoms with Gasteiger partial charge < -0.3 is 10.0 Å². The Morgan fingerprint density at radius 1 is 1.00 bits per heavy atom. The number of aliphatic hydroxyl groups is 1. The van der Waals surface area contributed by atoms with Crippen molar-refractivity contribution in [3.8, 4) is 0 Å². The first-order valence-corrected chi connectivity index (χ1v) is 9.95. The van der Waals surface area contributed by atoms with Gasteiger partial charge in [-0.2, -0.15) is 0 Å². The summed E-state index contributed by atoms with van der Waals surface area (Å²) in [7, 11) is 1.72.